The van der Waals surface area contributed by atoms with Crippen LogP contribution in [0.1, 0.15) is 35.6 Å². The molecule has 40 heavy (non-hydrogen) atoms. The van der Waals surface area contributed by atoms with Gasteiger partial charge >= 0.3 is 18.1 Å². The number of rotatable bonds is 10. The number of halogens is 7. The molecule has 1 saturated carbocycles. The van der Waals surface area contributed by atoms with Crippen LogP contribution in [0.5, 0.6) is 11.5 Å². The van der Waals surface area contributed by atoms with E-state index in [9.17, 15) is 32.0 Å². The van der Waals surface area contributed by atoms with Crippen molar-refractivity contribution in [3.05, 3.63) is 86.8 Å². The highest BCUT2D eigenvalue weighted by Gasteiger charge is 2.31. The first kappa shape index (κ1) is 30.0. The largest absolute Gasteiger partial charge is 0.619 e. The summed E-state index contributed by atoms with van der Waals surface area (Å²) >= 11 is 12.8. The first-order chi connectivity index (χ1) is 18.9. The van der Waals surface area contributed by atoms with Crippen LogP contribution in [0.2, 0.25) is 10.0 Å². The van der Waals surface area contributed by atoms with Crippen molar-refractivity contribution in [3.63, 3.8) is 0 Å². The van der Waals surface area contributed by atoms with Crippen LogP contribution in [0.3, 0.4) is 0 Å². The average Bonchev–Trinajstić information content (AvgIpc) is 3.69. The summed E-state index contributed by atoms with van der Waals surface area (Å²) in [6, 6.07) is 8.10. The molecule has 6 nitrogen and oxygen atoms in total. The van der Waals surface area contributed by atoms with Gasteiger partial charge in [0.25, 0.3) is 0 Å². The van der Waals surface area contributed by atoms with Crippen LogP contribution in [-0.2, 0) is 17.3 Å². The molecule has 0 saturated heterocycles. The topological polar surface area (TPSA) is 71.7 Å². The minimum atomic E-state index is -4.61. The summed E-state index contributed by atoms with van der Waals surface area (Å²) in [5.41, 5.74) is -0.426. The molecule has 1 fully saturated rings. The Morgan fingerprint density at radius 3 is 2.40 bits per heavy atom. The van der Waals surface area contributed by atoms with Crippen molar-refractivity contribution < 1.29 is 45.7 Å². The molecular formula is C26H20Cl2F5NO5S. The van der Waals surface area contributed by atoms with Gasteiger partial charge in [-0.1, -0.05) is 35.3 Å². The number of hydrogen-bond acceptors (Lipinski definition) is 6. The maximum atomic E-state index is 13.1. The van der Waals surface area contributed by atoms with Crippen LogP contribution in [-0.4, -0.2) is 18.5 Å². The normalized spacial score (nSPS) is 14.2. The van der Waals surface area contributed by atoms with Gasteiger partial charge in [-0.15, -0.1) is 0 Å². The lowest BCUT2D eigenvalue weighted by molar-refractivity contribution is -0.605. The zero-order valence-electron chi connectivity index (χ0n) is 20.3. The van der Waals surface area contributed by atoms with E-state index in [2.05, 4.69) is 4.74 Å². The van der Waals surface area contributed by atoms with Crippen molar-refractivity contribution in [1.29, 1.82) is 0 Å². The number of pyridine rings is 1. The molecule has 0 spiro atoms. The Morgan fingerprint density at radius 2 is 1.77 bits per heavy atom. The van der Waals surface area contributed by atoms with Gasteiger partial charge in [-0.3, -0.25) is 0 Å². The zero-order chi connectivity index (χ0) is 29.0. The molecule has 1 atom stereocenters. The molecule has 0 aliphatic heterocycles. The number of carbonyl (C=O) groups excluding carboxylic acids is 1. The quantitative estimate of drug-likeness (QED) is 0.0744. The minimum absolute atomic E-state index is 0.0149. The smallest absolute Gasteiger partial charge is 0.416 e. The van der Waals surface area contributed by atoms with Crippen LogP contribution in [0, 0.1) is 11.1 Å². The molecule has 0 radical (unpaired) electrons. The fourth-order valence-electron chi connectivity index (χ4n) is 3.63. The number of ether oxygens (including phenoxy) is 3. The lowest BCUT2D eigenvalue weighted by Gasteiger charge is -2.21. The first-order valence-corrected chi connectivity index (χ1v) is 13.3. The molecular weight excluding hydrogens is 604 g/mol. The summed E-state index contributed by atoms with van der Waals surface area (Å²) in [4.78, 5) is 12.9. The summed E-state index contributed by atoms with van der Waals surface area (Å²) in [7, 11) is 0. The van der Waals surface area contributed by atoms with Gasteiger partial charge < -0.3 is 19.4 Å². The molecule has 1 aromatic heterocycles. The predicted octanol–water partition coefficient (Wildman–Crippen LogP) is 8.25. The molecule has 1 aliphatic carbocycles. The monoisotopic (exact) mass is 623 g/mol. The van der Waals surface area contributed by atoms with Crippen molar-refractivity contribution >= 4 is 40.3 Å². The van der Waals surface area contributed by atoms with Crippen LogP contribution in [0.4, 0.5) is 26.7 Å². The van der Waals surface area contributed by atoms with Gasteiger partial charge in [0.2, 0.25) is 0 Å². The molecule has 4 rings (SSSR count). The van der Waals surface area contributed by atoms with E-state index in [1.807, 2.05) is 0 Å². The van der Waals surface area contributed by atoms with E-state index in [1.165, 1.54) is 24.3 Å². The zero-order valence-corrected chi connectivity index (χ0v) is 22.6. The lowest BCUT2D eigenvalue weighted by Crippen LogP contribution is -2.25. The van der Waals surface area contributed by atoms with E-state index >= 15 is 0 Å². The number of aromatic nitrogens is 1. The molecule has 0 bridgehead atoms. The fraction of sp³-hybridized carbons (Fsp3) is 0.308. The summed E-state index contributed by atoms with van der Waals surface area (Å²) in [5.74, 6) is 0.0335. The van der Waals surface area contributed by atoms with Gasteiger partial charge in [-0.05, 0) is 66.4 Å². The summed E-state index contributed by atoms with van der Waals surface area (Å²) < 4.78 is 81.6. The average molecular weight is 624 g/mol. The number of carbonyl (C=O) groups is 1. The summed E-state index contributed by atoms with van der Waals surface area (Å²) in [5, 5.41) is 10.7. The van der Waals surface area contributed by atoms with E-state index in [0.717, 1.165) is 43.4 Å². The van der Waals surface area contributed by atoms with Crippen LogP contribution in [0.25, 0.3) is 0 Å². The number of alkyl halides is 5. The number of hydrogen-bond donors (Lipinski definition) is 0. The molecule has 1 aliphatic rings. The van der Waals surface area contributed by atoms with Gasteiger partial charge in [0.15, 0.2) is 23.9 Å². The second-order valence-corrected chi connectivity index (χ2v) is 10.6. The number of benzene rings is 2. The maximum absolute atomic E-state index is 13.1. The van der Waals surface area contributed by atoms with Crippen LogP contribution >= 0.6 is 35.0 Å². The third kappa shape index (κ3) is 8.28. The Labute approximate surface area is 239 Å². The summed E-state index contributed by atoms with van der Waals surface area (Å²) in [6.07, 6.45) is -1.98. The highest BCUT2D eigenvalue weighted by atomic mass is 35.5. The van der Waals surface area contributed by atoms with Crippen molar-refractivity contribution in [2.24, 2.45) is 5.92 Å². The Hall–Kier alpha value is -2.96. The first-order valence-electron chi connectivity index (χ1n) is 11.7. The molecule has 0 amide bonds. The van der Waals surface area contributed by atoms with Gasteiger partial charge in [-0.2, -0.15) is 26.7 Å². The van der Waals surface area contributed by atoms with E-state index < -0.39 is 29.8 Å². The number of nitrogens with zero attached hydrogens (tertiary/aromatic N) is 1. The molecule has 14 heteroatoms. The number of thioether (sulfide) groups is 1. The van der Waals surface area contributed by atoms with Crippen LogP contribution in [0.15, 0.2) is 59.8 Å². The molecule has 1 unspecified atom stereocenters. The molecule has 3 aromatic rings. The highest BCUT2D eigenvalue weighted by Crippen LogP contribution is 2.39. The predicted molar refractivity (Wildman–Crippen MR) is 137 cm³/mol. The summed E-state index contributed by atoms with van der Waals surface area (Å²) in [6.45, 7) is -2.86. The standard InChI is InChI=1S/C26H20Cl2F5NO5S/c27-19-11-34(36)12-20(28)18(19)10-22(39-25(35)40-17-3-1-2-16(9-17)26(31,32)33)15-6-7-21(38-24(29)30)23(8-15)37-13-14-4-5-14/h1-3,6-9,11-12,14,22,24H,4-5,10,13H2. The van der Waals surface area contributed by atoms with E-state index in [0.29, 0.717) is 16.5 Å². The Morgan fingerprint density at radius 1 is 1.07 bits per heavy atom. The second-order valence-electron chi connectivity index (χ2n) is 8.82. The van der Waals surface area contributed by atoms with E-state index in [-0.39, 0.29) is 56.5 Å². The lowest BCUT2D eigenvalue weighted by atomic mass is 10.0. The van der Waals surface area contributed by atoms with Gasteiger partial charge in [0.1, 0.15) is 16.1 Å². The Bertz CT molecular complexity index is 1350. The molecule has 214 valence electrons. The second kappa shape index (κ2) is 12.7. The maximum Gasteiger partial charge on any atom is 0.416 e. The third-order valence-corrected chi connectivity index (χ3v) is 7.18. The van der Waals surface area contributed by atoms with Gasteiger partial charge in [-0.25, -0.2) is 4.79 Å². The van der Waals surface area contributed by atoms with Gasteiger partial charge in [0, 0.05) is 16.9 Å². The minimum Gasteiger partial charge on any atom is -0.619 e. The van der Waals surface area contributed by atoms with Crippen molar-refractivity contribution in [2.75, 3.05) is 6.61 Å². The van der Waals surface area contributed by atoms with E-state index in [1.54, 1.807) is 0 Å². The Kier molecular flexibility index (Phi) is 9.52. The van der Waals surface area contributed by atoms with Crippen LogP contribution < -0.4 is 14.2 Å². The van der Waals surface area contributed by atoms with E-state index in [4.69, 9.17) is 32.7 Å². The SMILES string of the molecule is O=C(OC(Cc1c(Cl)c[n+]([O-])cc1Cl)c1ccc(OC(F)F)c(OCC2CC2)c1)Sc1cccc(C(F)(F)F)c1. The third-order valence-electron chi connectivity index (χ3n) is 5.78. The Balaban J connectivity index is 1.64. The van der Waals surface area contributed by atoms with Crippen molar-refractivity contribution in [3.8, 4) is 11.5 Å². The molecule has 1 heterocycles. The van der Waals surface area contributed by atoms with Crippen molar-refractivity contribution in [1.82, 2.24) is 0 Å². The molecule has 2 aromatic carbocycles. The highest BCUT2D eigenvalue weighted by molar-refractivity contribution is 8.13. The van der Waals surface area contributed by atoms with Crippen molar-refractivity contribution in [2.45, 2.75) is 43.0 Å². The fourth-order valence-corrected chi connectivity index (χ4v) is 4.92. The van der Waals surface area contributed by atoms with Gasteiger partial charge in [0.05, 0.1) is 12.2 Å². The molecule has 0 N–H and O–H groups in total.